The van der Waals surface area contributed by atoms with Gasteiger partial charge in [0.2, 0.25) is 0 Å². The summed E-state index contributed by atoms with van der Waals surface area (Å²) >= 11 is 0. The number of nitrogens with two attached hydrogens (primary N) is 1. The van der Waals surface area contributed by atoms with Crippen LogP contribution in [0.1, 0.15) is 58.8 Å². The van der Waals surface area contributed by atoms with E-state index in [1.54, 1.807) is 0 Å². The van der Waals surface area contributed by atoms with Crippen molar-refractivity contribution in [1.82, 2.24) is 9.88 Å². The fourth-order valence-electron chi connectivity index (χ4n) is 3.74. The predicted octanol–water partition coefficient (Wildman–Crippen LogP) is 3.29. The minimum atomic E-state index is 0.140. The number of benzene rings is 1. The zero-order valence-corrected chi connectivity index (χ0v) is 14.5. The number of aromatic nitrogens is 1. The lowest BCUT2D eigenvalue weighted by Gasteiger charge is -2.30. The molecule has 2 aromatic rings. The van der Waals surface area contributed by atoms with Crippen LogP contribution in [0.3, 0.4) is 0 Å². The van der Waals surface area contributed by atoms with Gasteiger partial charge < -0.3 is 10.6 Å². The SMILES string of the molecule is Cc1cc(C)c2nc(C3CC3)cc(C(=O)N3CCC(N)CC3)c2c1. The van der Waals surface area contributed by atoms with Crippen molar-refractivity contribution in [2.24, 2.45) is 5.73 Å². The highest BCUT2D eigenvalue weighted by molar-refractivity contribution is 6.07. The van der Waals surface area contributed by atoms with Crippen LogP contribution in [0.15, 0.2) is 18.2 Å². The number of amides is 1. The molecule has 0 radical (unpaired) electrons. The van der Waals surface area contributed by atoms with Gasteiger partial charge in [0, 0.05) is 36.1 Å². The fourth-order valence-corrected chi connectivity index (χ4v) is 3.74. The summed E-state index contributed by atoms with van der Waals surface area (Å²) in [5, 5.41) is 0.997. The third-order valence-electron chi connectivity index (χ3n) is 5.32. The second-order valence-electron chi connectivity index (χ2n) is 7.48. The van der Waals surface area contributed by atoms with Crippen LogP contribution in [0.5, 0.6) is 0 Å². The Morgan fingerprint density at radius 1 is 1.12 bits per heavy atom. The van der Waals surface area contributed by atoms with E-state index in [0.717, 1.165) is 53.7 Å². The third kappa shape index (κ3) is 2.80. The molecule has 1 aromatic heterocycles. The first-order valence-electron chi connectivity index (χ1n) is 8.99. The highest BCUT2D eigenvalue weighted by atomic mass is 16.2. The van der Waals surface area contributed by atoms with E-state index in [2.05, 4.69) is 32.0 Å². The Kier molecular flexibility index (Phi) is 3.80. The largest absolute Gasteiger partial charge is 0.339 e. The maximum Gasteiger partial charge on any atom is 0.254 e. The molecule has 1 aliphatic heterocycles. The second-order valence-corrected chi connectivity index (χ2v) is 7.48. The molecule has 2 heterocycles. The van der Waals surface area contributed by atoms with Gasteiger partial charge in [0.15, 0.2) is 0 Å². The number of piperidine rings is 1. The number of carbonyl (C=O) groups excluding carboxylic acids is 1. The number of hydrogen-bond acceptors (Lipinski definition) is 3. The molecule has 0 atom stereocenters. The van der Waals surface area contributed by atoms with Gasteiger partial charge in [-0.05, 0) is 57.2 Å². The minimum Gasteiger partial charge on any atom is -0.339 e. The molecule has 1 saturated heterocycles. The Morgan fingerprint density at radius 2 is 1.83 bits per heavy atom. The topological polar surface area (TPSA) is 59.2 Å². The molecule has 1 aliphatic carbocycles. The van der Waals surface area contributed by atoms with Crippen molar-refractivity contribution in [3.63, 3.8) is 0 Å². The van der Waals surface area contributed by atoms with Crippen molar-refractivity contribution >= 4 is 16.8 Å². The Morgan fingerprint density at radius 3 is 2.50 bits per heavy atom. The molecule has 0 spiro atoms. The van der Waals surface area contributed by atoms with Gasteiger partial charge in [0.1, 0.15) is 0 Å². The lowest BCUT2D eigenvalue weighted by atomic mass is 9.98. The molecule has 4 rings (SSSR count). The molecule has 2 fully saturated rings. The number of likely N-dealkylation sites (tertiary alicyclic amines) is 1. The van der Waals surface area contributed by atoms with E-state index in [0.29, 0.717) is 5.92 Å². The van der Waals surface area contributed by atoms with E-state index in [9.17, 15) is 4.79 Å². The smallest absolute Gasteiger partial charge is 0.254 e. The first-order valence-corrected chi connectivity index (χ1v) is 8.99. The van der Waals surface area contributed by atoms with Crippen molar-refractivity contribution in [1.29, 1.82) is 0 Å². The van der Waals surface area contributed by atoms with Crippen LogP contribution >= 0.6 is 0 Å². The van der Waals surface area contributed by atoms with Gasteiger partial charge in [0.05, 0.1) is 11.1 Å². The minimum absolute atomic E-state index is 0.140. The Balaban J connectivity index is 1.81. The van der Waals surface area contributed by atoms with Gasteiger partial charge in [0.25, 0.3) is 5.91 Å². The molecule has 0 unspecified atom stereocenters. The van der Waals surface area contributed by atoms with Crippen LogP contribution in [0.4, 0.5) is 0 Å². The molecular formula is C20H25N3O. The molecule has 2 N–H and O–H groups in total. The number of carbonyl (C=O) groups is 1. The molecule has 1 amide bonds. The van der Waals surface area contributed by atoms with Crippen molar-refractivity contribution in [3.8, 4) is 0 Å². The predicted molar refractivity (Wildman–Crippen MR) is 96.3 cm³/mol. The van der Waals surface area contributed by atoms with Gasteiger partial charge in [-0.3, -0.25) is 9.78 Å². The first kappa shape index (κ1) is 15.6. The Bertz CT molecular complexity index is 802. The maximum atomic E-state index is 13.2. The molecule has 2 aliphatic rings. The highest BCUT2D eigenvalue weighted by Crippen LogP contribution is 2.40. The summed E-state index contributed by atoms with van der Waals surface area (Å²) in [4.78, 5) is 20.0. The van der Waals surface area contributed by atoms with Gasteiger partial charge in [-0.1, -0.05) is 11.6 Å². The number of pyridine rings is 1. The van der Waals surface area contributed by atoms with E-state index in [1.165, 1.54) is 18.4 Å². The van der Waals surface area contributed by atoms with Crippen LogP contribution in [0.25, 0.3) is 10.9 Å². The summed E-state index contributed by atoms with van der Waals surface area (Å²) in [6.45, 7) is 5.68. The Hall–Kier alpha value is -1.94. The van der Waals surface area contributed by atoms with E-state index < -0.39 is 0 Å². The van der Waals surface area contributed by atoms with E-state index >= 15 is 0 Å². The average Bonchev–Trinajstić information content (AvgIpc) is 3.39. The normalized spacial score (nSPS) is 19.0. The van der Waals surface area contributed by atoms with Crippen LogP contribution < -0.4 is 5.73 Å². The fraction of sp³-hybridized carbons (Fsp3) is 0.500. The molecule has 0 bridgehead atoms. The molecule has 1 aromatic carbocycles. The summed E-state index contributed by atoms with van der Waals surface area (Å²) in [6, 6.07) is 6.54. The summed E-state index contributed by atoms with van der Waals surface area (Å²) in [6.07, 6.45) is 4.16. The summed E-state index contributed by atoms with van der Waals surface area (Å²) in [5.74, 6) is 0.678. The third-order valence-corrected chi connectivity index (χ3v) is 5.32. The van der Waals surface area contributed by atoms with Crippen molar-refractivity contribution in [3.05, 3.63) is 40.6 Å². The van der Waals surface area contributed by atoms with Gasteiger partial charge in [-0.25, -0.2) is 0 Å². The lowest BCUT2D eigenvalue weighted by Crippen LogP contribution is -2.43. The number of aryl methyl sites for hydroxylation is 2. The average molecular weight is 323 g/mol. The first-order chi connectivity index (χ1) is 11.5. The quantitative estimate of drug-likeness (QED) is 0.922. The number of fused-ring (bicyclic) bond motifs is 1. The molecule has 24 heavy (non-hydrogen) atoms. The standard InChI is InChI=1S/C20H25N3O/c1-12-9-13(2)19-16(10-12)17(11-18(22-19)14-3-4-14)20(24)23-7-5-15(21)6-8-23/h9-11,14-15H,3-8,21H2,1-2H3. The van der Waals surface area contributed by atoms with Crippen LogP contribution in [0.2, 0.25) is 0 Å². The zero-order valence-electron chi connectivity index (χ0n) is 14.5. The van der Waals surface area contributed by atoms with E-state index in [-0.39, 0.29) is 11.9 Å². The van der Waals surface area contributed by atoms with Gasteiger partial charge in [-0.2, -0.15) is 0 Å². The van der Waals surface area contributed by atoms with Crippen LogP contribution in [0, 0.1) is 13.8 Å². The number of rotatable bonds is 2. The lowest BCUT2D eigenvalue weighted by molar-refractivity contribution is 0.0716. The van der Waals surface area contributed by atoms with Crippen LogP contribution in [-0.4, -0.2) is 34.9 Å². The van der Waals surface area contributed by atoms with E-state index in [1.807, 2.05) is 4.90 Å². The number of hydrogen-bond donors (Lipinski definition) is 1. The monoisotopic (exact) mass is 323 g/mol. The number of nitrogens with zero attached hydrogens (tertiary/aromatic N) is 2. The van der Waals surface area contributed by atoms with Gasteiger partial charge in [-0.15, -0.1) is 0 Å². The molecule has 4 nitrogen and oxygen atoms in total. The summed E-state index contributed by atoms with van der Waals surface area (Å²) in [7, 11) is 0. The summed E-state index contributed by atoms with van der Waals surface area (Å²) < 4.78 is 0. The van der Waals surface area contributed by atoms with E-state index in [4.69, 9.17) is 10.7 Å². The molecular weight excluding hydrogens is 298 g/mol. The highest BCUT2D eigenvalue weighted by Gasteiger charge is 2.29. The summed E-state index contributed by atoms with van der Waals surface area (Å²) in [5.41, 5.74) is 11.2. The zero-order chi connectivity index (χ0) is 16.8. The van der Waals surface area contributed by atoms with Gasteiger partial charge >= 0.3 is 0 Å². The van der Waals surface area contributed by atoms with Crippen LogP contribution in [-0.2, 0) is 0 Å². The van der Waals surface area contributed by atoms with Crippen molar-refractivity contribution < 1.29 is 4.79 Å². The van der Waals surface area contributed by atoms with Crippen molar-refractivity contribution in [2.45, 2.75) is 51.5 Å². The maximum absolute atomic E-state index is 13.2. The molecule has 1 saturated carbocycles. The Labute approximate surface area is 143 Å². The second kappa shape index (κ2) is 5.85. The van der Waals surface area contributed by atoms with Crippen molar-refractivity contribution in [2.75, 3.05) is 13.1 Å². The molecule has 4 heteroatoms. The molecule has 126 valence electrons.